The zero-order chi connectivity index (χ0) is 26.4. The highest BCUT2D eigenvalue weighted by atomic mass is 16.5. The second-order valence-corrected chi connectivity index (χ2v) is 9.99. The average Bonchev–Trinajstić information content (AvgIpc) is 3.63. The highest BCUT2D eigenvalue weighted by Gasteiger charge is 2.45. The summed E-state index contributed by atoms with van der Waals surface area (Å²) in [5, 5.41) is 11.9. The summed E-state index contributed by atoms with van der Waals surface area (Å²) in [6, 6.07) is 12.6. The molecule has 1 spiro atoms. The maximum atomic E-state index is 13.0. The Labute approximate surface area is 215 Å². The van der Waals surface area contributed by atoms with Crippen LogP contribution < -0.4 is 15.6 Å². The molecule has 2 fully saturated rings. The van der Waals surface area contributed by atoms with Crippen molar-refractivity contribution >= 4 is 23.2 Å². The van der Waals surface area contributed by atoms with Gasteiger partial charge in [-0.05, 0) is 55.9 Å². The molecule has 1 saturated heterocycles. The minimum atomic E-state index is -0.656. The van der Waals surface area contributed by atoms with Crippen molar-refractivity contribution in [1.29, 1.82) is 5.26 Å². The van der Waals surface area contributed by atoms with Gasteiger partial charge in [0.15, 0.2) is 0 Å². The fourth-order valence-electron chi connectivity index (χ4n) is 5.71. The third kappa shape index (κ3) is 5.69. The van der Waals surface area contributed by atoms with E-state index in [1.54, 1.807) is 19.2 Å². The van der Waals surface area contributed by atoms with Gasteiger partial charge in [-0.3, -0.25) is 14.4 Å². The van der Waals surface area contributed by atoms with E-state index < -0.39 is 6.04 Å². The number of nitriles is 1. The summed E-state index contributed by atoms with van der Waals surface area (Å²) in [6.45, 7) is 3.10. The van der Waals surface area contributed by atoms with Gasteiger partial charge in [0.2, 0.25) is 6.41 Å². The second kappa shape index (κ2) is 11.3. The SMILES string of the molecule is COc1cccc2[nH]c(C(=O)N3CC4(CCCC4)CC3C)cc12.N#CC(Cc1ccc[nH]c1=O)NC=O. The molecule has 2 aliphatic rings. The lowest BCUT2D eigenvalue weighted by Gasteiger charge is -2.23. The van der Waals surface area contributed by atoms with Crippen molar-refractivity contribution in [1.82, 2.24) is 20.2 Å². The molecule has 37 heavy (non-hydrogen) atoms. The van der Waals surface area contributed by atoms with Crippen molar-refractivity contribution in [2.24, 2.45) is 5.41 Å². The number of nitrogens with zero attached hydrogens (tertiary/aromatic N) is 2. The number of amides is 2. The van der Waals surface area contributed by atoms with Gasteiger partial charge in [0.1, 0.15) is 17.5 Å². The number of nitrogens with one attached hydrogen (secondary N) is 3. The Morgan fingerprint density at radius 3 is 2.78 bits per heavy atom. The van der Waals surface area contributed by atoms with Crippen LogP contribution in [0.5, 0.6) is 5.75 Å². The van der Waals surface area contributed by atoms with Gasteiger partial charge >= 0.3 is 0 Å². The molecule has 0 radical (unpaired) electrons. The monoisotopic (exact) mass is 503 g/mol. The van der Waals surface area contributed by atoms with Crippen molar-refractivity contribution in [2.45, 2.75) is 57.5 Å². The molecule has 1 aromatic carbocycles. The van der Waals surface area contributed by atoms with E-state index >= 15 is 0 Å². The van der Waals surface area contributed by atoms with Crippen LogP contribution in [0, 0.1) is 16.7 Å². The molecule has 0 bridgehead atoms. The lowest BCUT2D eigenvalue weighted by Crippen LogP contribution is -2.35. The zero-order valence-electron chi connectivity index (χ0n) is 21.3. The number of carbonyl (C=O) groups is 2. The molecule has 2 unspecified atom stereocenters. The van der Waals surface area contributed by atoms with E-state index in [4.69, 9.17) is 10.00 Å². The molecular formula is C28H33N5O4. The van der Waals surface area contributed by atoms with E-state index in [1.165, 1.54) is 31.9 Å². The Balaban J connectivity index is 0.000000197. The summed E-state index contributed by atoms with van der Waals surface area (Å²) in [5.74, 6) is 0.930. The lowest BCUT2D eigenvalue weighted by molar-refractivity contribution is -0.109. The zero-order valence-corrected chi connectivity index (χ0v) is 21.3. The molecule has 5 rings (SSSR count). The molecule has 3 heterocycles. The molecule has 1 aliphatic carbocycles. The van der Waals surface area contributed by atoms with Crippen LogP contribution in [0.2, 0.25) is 0 Å². The van der Waals surface area contributed by atoms with Crippen LogP contribution in [0.25, 0.3) is 10.9 Å². The molecule has 2 atom stereocenters. The predicted molar refractivity (Wildman–Crippen MR) is 140 cm³/mol. The topological polar surface area (TPSA) is 131 Å². The minimum Gasteiger partial charge on any atom is -0.496 e. The molecule has 9 heteroatoms. The highest BCUT2D eigenvalue weighted by Crippen LogP contribution is 2.48. The molecule has 2 aromatic heterocycles. The van der Waals surface area contributed by atoms with E-state index in [0.717, 1.165) is 29.6 Å². The van der Waals surface area contributed by atoms with Crippen LogP contribution in [0.4, 0.5) is 0 Å². The summed E-state index contributed by atoms with van der Waals surface area (Å²) in [6.07, 6.45) is 8.53. The van der Waals surface area contributed by atoms with Crippen molar-refractivity contribution in [2.75, 3.05) is 13.7 Å². The first-order chi connectivity index (χ1) is 17.9. The Kier molecular flexibility index (Phi) is 7.97. The first-order valence-corrected chi connectivity index (χ1v) is 12.6. The van der Waals surface area contributed by atoms with Crippen LogP contribution in [-0.2, 0) is 11.2 Å². The number of ether oxygens (including phenoxy) is 1. The van der Waals surface area contributed by atoms with Crippen LogP contribution in [-0.4, -0.2) is 52.9 Å². The summed E-state index contributed by atoms with van der Waals surface area (Å²) >= 11 is 0. The second-order valence-electron chi connectivity index (χ2n) is 9.99. The number of hydrogen-bond acceptors (Lipinski definition) is 5. The Hall–Kier alpha value is -4.06. The van der Waals surface area contributed by atoms with Crippen LogP contribution in [0.15, 0.2) is 47.4 Å². The van der Waals surface area contributed by atoms with Crippen molar-refractivity contribution < 1.29 is 14.3 Å². The van der Waals surface area contributed by atoms with E-state index in [9.17, 15) is 14.4 Å². The third-order valence-electron chi connectivity index (χ3n) is 7.51. The smallest absolute Gasteiger partial charge is 0.270 e. The van der Waals surface area contributed by atoms with Crippen molar-refractivity contribution in [3.8, 4) is 11.8 Å². The Bertz CT molecular complexity index is 1350. The van der Waals surface area contributed by atoms with Crippen LogP contribution >= 0.6 is 0 Å². The number of carbonyl (C=O) groups excluding carboxylic acids is 2. The number of likely N-dealkylation sites (tertiary alicyclic amines) is 1. The number of hydrogen-bond donors (Lipinski definition) is 3. The number of rotatable bonds is 6. The van der Waals surface area contributed by atoms with Gasteiger partial charge in [-0.25, -0.2) is 0 Å². The third-order valence-corrected chi connectivity index (χ3v) is 7.51. The van der Waals surface area contributed by atoms with E-state index in [-0.39, 0.29) is 17.9 Å². The number of H-pyrrole nitrogens is 2. The number of methoxy groups -OCH3 is 1. The minimum absolute atomic E-state index is 0.125. The molecule has 2 amide bonds. The predicted octanol–water partition coefficient (Wildman–Crippen LogP) is 3.53. The maximum absolute atomic E-state index is 13.0. The first kappa shape index (κ1) is 26.0. The summed E-state index contributed by atoms with van der Waals surface area (Å²) < 4.78 is 5.40. The Morgan fingerprint density at radius 1 is 1.32 bits per heavy atom. The molecule has 1 saturated carbocycles. The van der Waals surface area contributed by atoms with Gasteiger partial charge in [-0.2, -0.15) is 5.26 Å². The van der Waals surface area contributed by atoms with Gasteiger partial charge in [-0.15, -0.1) is 0 Å². The van der Waals surface area contributed by atoms with Crippen molar-refractivity contribution in [3.63, 3.8) is 0 Å². The normalized spacial score (nSPS) is 18.6. The first-order valence-electron chi connectivity index (χ1n) is 12.6. The number of pyridine rings is 1. The summed E-state index contributed by atoms with van der Waals surface area (Å²) in [4.78, 5) is 42.2. The van der Waals surface area contributed by atoms with Gasteiger partial charge in [0.05, 0.1) is 13.2 Å². The van der Waals surface area contributed by atoms with E-state index in [2.05, 4.69) is 27.1 Å². The van der Waals surface area contributed by atoms with E-state index in [1.807, 2.05) is 30.3 Å². The highest BCUT2D eigenvalue weighted by molar-refractivity contribution is 6.00. The maximum Gasteiger partial charge on any atom is 0.270 e. The number of aromatic nitrogens is 2. The van der Waals surface area contributed by atoms with Gasteiger partial charge in [-0.1, -0.05) is 25.0 Å². The van der Waals surface area contributed by atoms with Gasteiger partial charge in [0, 0.05) is 41.7 Å². The van der Waals surface area contributed by atoms with Crippen LogP contribution in [0.1, 0.15) is 55.1 Å². The summed E-state index contributed by atoms with van der Waals surface area (Å²) in [7, 11) is 1.66. The van der Waals surface area contributed by atoms with Crippen molar-refractivity contribution in [3.05, 3.63) is 64.2 Å². The fraction of sp³-hybridized carbons (Fsp3) is 0.429. The van der Waals surface area contributed by atoms with Crippen LogP contribution in [0.3, 0.4) is 0 Å². The number of fused-ring (bicyclic) bond motifs is 1. The standard InChI is InChI=1S/C19H24N2O2.C9H9N3O2/c1-13-11-19(8-3-4-9-19)12-21(13)18(22)16-10-14-15(20-16)6-5-7-17(14)23-2;10-5-8(12-6-13)4-7-2-1-3-11-9(7)14/h5-7,10,13,20H,3-4,8-9,11-12H2,1-2H3;1-3,6,8H,4H2,(H,11,14)(H,12,13). The largest absolute Gasteiger partial charge is 0.496 e. The molecule has 3 aromatic rings. The molecule has 9 nitrogen and oxygen atoms in total. The average molecular weight is 504 g/mol. The Morgan fingerprint density at radius 2 is 2.11 bits per heavy atom. The quantitative estimate of drug-likeness (QED) is 0.443. The number of aromatic amines is 2. The summed E-state index contributed by atoms with van der Waals surface area (Å²) in [5.41, 5.74) is 2.26. The molecule has 1 aliphatic heterocycles. The number of benzene rings is 1. The molecule has 194 valence electrons. The lowest BCUT2D eigenvalue weighted by atomic mass is 9.84. The van der Waals surface area contributed by atoms with E-state index in [0.29, 0.717) is 29.1 Å². The fourth-order valence-corrected chi connectivity index (χ4v) is 5.71. The molecular weight excluding hydrogens is 470 g/mol. The van der Waals surface area contributed by atoms with Gasteiger partial charge < -0.3 is 24.9 Å². The molecule has 3 N–H and O–H groups in total. The van der Waals surface area contributed by atoms with Gasteiger partial charge in [0.25, 0.3) is 11.5 Å².